The molecule has 3 nitrogen and oxygen atoms in total. The summed E-state index contributed by atoms with van der Waals surface area (Å²) in [7, 11) is 0. The maximum absolute atomic E-state index is 13.8. The van der Waals surface area contributed by atoms with Gasteiger partial charge in [-0.2, -0.15) is 0 Å². The van der Waals surface area contributed by atoms with E-state index >= 15 is 0 Å². The highest BCUT2D eigenvalue weighted by Gasteiger charge is 2.19. The molecular weight excluding hydrogens is 348 g/mol. The van der Waals surface area contributed by atoms with Gasteiger partial charge < -0.3 is 10.1 Å². The van der Waals surface area contributed by atoms with Crippen LogP contribution in [0.1, 0.15) is 10.4 Å². The van der Waals surface area contributed by atoms with E-state index in [0.29, 0.717) is 16.5 Å². The van der Waals surface area contributed by atoms with Crippen LogP contribution in [-0.2, 0) is 0 Å². The van der Waals surface area contributed by atoms with Crippen LogP contribution in [0.4, 0.5) is 14.5 Å². The summed E-state index contributed by atoms with van der Waals surface area (Å²) in [4.78, 5) is 12.3. The van der Waals surface area contributed by atoms with Gasteiger partial charge >= 0.3 is 0 Å². The molecule has 126 valence electrons. The van der Waals surface area contributed by atoms with Gasteiger partial charge in [0.25, 0.3) is 5.91 Å². The van der Waals surface area contributed by atoms with E-state index in [0.717, 1.165) is 12.1 Å². The van der Waals surface area contributed by atoms with E-state index < -0.39 is 23.1 Å². The SMILES string of the molecule is O=C(Nc1cc(Cl)ccc1Oc1ccccc1)c1c(F)cccc1F. The number of carbonyl (C=O) groups excluding carboxylic acids is 1. The number of amides is 1. The zero-order chi connectivity index (χ0) is 17.8. The topological polar surface area (TPSA) is 38.3 Å². The van der Waals surface area contributed by atoms with Crippen molar-refractivity contribution in [3.63, 3.8) is 0 Å². The van der Waals surface area contributed by atoms with E-state index in [1.54, 1.807) is 36.4 Å². The number of halogens is 3. The second kappa shape index (κ2) is 7.32. The Morgan fingerprint density at radius 2 is 1.60 bits per heavy atom. The number of hydrogen-bond donors (Lipinski definition) is 1. The first-order chi connectivity index (χ1) is 12.0. The highest BCUT2D eigenvalue weighted by molar-refractivity contribution is 6.31. The van der Waals surface area contributed by atoms with Crippen molar-refractivity contribution < 1.29 is 18.3 Å². The summed E-state index contributed by atoms with van der Waals surface area (Å²) in [6, 6.07) is 16.7. The standard InChI is InChI=1S/C19H12ClF2NO2/c20-12-9-10-17(25-13-5-2-1-3-6-13)16(11-12)23-19(24)18-14(21)7-4-8-15(18)22/h1-11H,(H,23,24). The van der Waals surface area contributed by atoms with Crippen molar-refractivity contribution >= 4 is 23.2 Å². The first-order valence-electron chi connectivity index (χ1n) is 7.32. The Bertz CT molecular complexity index is 896. The smallest absolute Gasteiger partial charge is 0.261 e. The number of benzene rings is 3. The summed E-state index contributed by atoms with van der Waals surface area (Å²) >= 11 is 5.96. The normalized spacial score (nSPS) is 10.4. The van der Waals surface area contributed by atoms with Crippen molar-refractivity contribution in [1.29, 1.82) is 0 Å². The molecule has 0 saturated carbocycles. The van der Waals surface area contributed by atoms with Gasteiger partial charge in [-0.05, 0) is 42.5 Å². The molecule has 0 fully saturated rings. The Labute approximate surface area is 147 Å². The summed E-state index contributed by atoms with van der Waals surface area (Å²) < 4.78 is 33.2. The second-order valence-electron chi connectivity index (χ2n) is 5.11. The summed E-state index contributed by atoms with van der Waals surface area (Å²) in [6.07, 6.45) is 0. The molecule has 1 N–H and O–H groups in total. The minimum Gasteiger partial charge on any atom is -0.455 e. The van der Waals surface area contributed by atoms with Crippen molar-refractivity contribution in [3.8, 4) is 11.5 Å². The van der Waals surface area contributed by atoms with Crippen molar-refractivity contribution in [2.24, 2.45) is 0 Å². The fraction of sp³-hybridized carbons (Fsp3) is 0. The molecule has 0 saturated heterocycles. The summed E-state index contributed by atoms with van der Waals surface area (Å²) in [6.45, 7) is 0. The Hall–Kier alpha value is -2.92. The van der Waals surface area contributed by atoms with Crippen LogP contribution in [-0.4, -0.2) is 5.91 Å². The Balaban J connectivity index is 1.91. The highest BCUT2D eigenvalue weighted by atomic mass is 35.5. The zero-order valence-electron chi connectivity index (χ0n) is 12.8. The molecule has 25 heavy (non-hydrogen) atoms. The van der Waals surface area contributed by atoms with Crippen LogP contribution in [0.15, 0.2) is 66.7 Å². The maximum atomic E-state index is 13.8. The average Bonchev–Trinajstić information content (AvgIpc) is 2.58. The van der Waals surface area contributed by atoms with Gasteiger partial charge in [0.15, 0.2) is 5.75 Å². The van der Waals surface area contributed by atoms with Crippen molar-refractivity contribution in [2.75, 3.05) is 5.32 Å². The summed E-state index contributed by atoms with van der Waals surface area (Å²) in [5, 5.41) is 2.78. The lowest BCUT2D eigenvalue weighted by Gasteiger charge is -2.13. The van der Waals surface area contributed by atoms with Gasteiger partial charge in [-0.1, -0.05) is 35.9 Å². The number of hydrogen-bond acceptors (Lipinski definition) is 2. The van der Waals surface area contributed by atoms with Gasteiger partial charge in [-0.25, -0.2) is 8.78 Å². The lowest BCUT2D eigenvalue weighted by Crippen LogP contribution is -2.16. The molecular formula is C19H12ClF2NO2. The van der Waals surface area contributed by atoms with E-state index in [-0.39, 0.29) is 5.69 Å². The van der Waals surface area contributed by atoms with E-state index in [2.05, 4.69) is 5.32 Å². The van der Waals surface area contributed by atoms with Crippen LogP contribution >= 0.6 is 11.6 Å². The number of para-hydroxylation sites is 1. The van der Waals surface area contributed by atoms with Crippen LogP contribution in [0, 0.1) is 11.6 Å². The lowest BCUT2D eigenvalue weighted by molar-refractivity contribution is 0.101. The fourth-order valence-corrected chi connectivity index (χ4v) is 2.38. The van der Waals surface area contributed by atoms with Gasteiger partial charge in [-0.15, -0.1) is 0 Å². The number of carbonyl (C=O) groups is 1. The van der Waals surface area contributed by atoms with Gasteiger partial charge in [0.1, 0.15) is 22.9 Å². The molecule has 3 rings (SSSR count). The van der Waals surface area contributed by atoms with E-state index in [1.165, 1.54) is 12.1 Å². The number of rotatable bonds is 4. The van der Waals surface area contributed by atoms with Gasteiger partial charge in [0.2, 0.25) is 0 Å². The van der Waals surface area contributed by atoms with Gasteiger partial charge in [-0.3, -0.25) is 4.79 Å². The average molecular weight is 360 g/mol. The Kier molecular flexibility index (Phi) is 4.95. The molecule has 0 bridgehead atoms. The first kappa shape index (κ1) is 16.9. The molecule has 0 unspecified atom stereocenters. The van der Waals surface area contributed by atoms with Crippen molar-refractivity contribution in [3.05, 3.63) is 89.0 Å². The quantitative estimate of drug-likeness (QED) is 0.652. The summed E-state index contributed by atoms with van der Waals surface area (Å²) in [5.74, 6) is -2.01. The largest absolute Gasteiger partial charge is 0.455 e. The molecule has 1 amide bonds. The van der Waals surface area contributed by atoms with Crippen molar-refractivity contribution in [2.45, 2.75) is 0 Å². The molecule has 0 aliphatic heterocycles. The monoisotopic (exact) mass is 359 g/mol. The van der Waals surface area contributed by atoms with Gasteiger partial charge in [0, 0.05) is 5.02 Å². The van der Waals surface area contributed by atoms with Crippen LogP contribution in [0.25, 0.3) is 0 Å². The minimum absolute atomic E-state index is 0.198. The molecule has 0 aliphatic carbocycles. The van der Waals surface area contributed by atoms with Crippen LogP contribution in [0.5, 0.6) is 11.5 Å². The van der Waals surface area contributed by atoms with Crippen LogP contribution < -0.4 is 10.1 Å². The fourth-order valence-electron chi connectivity index (χ4n) is 2.20. The van der Waals surface area contributed by atoms with Crippen molar-refractivity contribution in [1.82, 2.24) is 0 Å². The number of anilines is 1. The van der Waals surface area contributed by atoms with E-state index in [1.807, 2.05) is 6.07 Å². The highest BCUT2D eigenvalue weighted by Crippen LogP contribution is 2.32. The molecule has 3 aromatic rings. The van der Waals surface area contributed by atoms with Crippen LogP contribution in [0.2, 0.25) is 5.02 Å². The molecule has 0 heterocycles. The predicted molar refractivity (Wildman–Crippen MR) is 92.3 cm³/mol. The first-order valence-corrected chi connectivity index (χ1v) is 7.70. The molecule has 0 atom stereocenters. The second-order valence-corrected chi connectivity index (χ2v) is 5.54. The molecule has 0 spiro atoms. The Morgan fingerprint density at radius 1 is 0.920 bits per heavy atom. The maximum Gasteiger partial charge on any atom is 0.261 e. The molecule has 3 aromatic carbocycles. The van der Waals surface area contributed by atoms with Crippen LogP contribution in [0.3, 0.4) is 0 Å². The van der Waals surface area contributed by atoms with Gasteiger partial charge in [0.05, 0.1) is 5.69 Å². The minimum atomic E-state index is -0.954. The van der Waals surface area contributed by atoms with E-state index in [9.17, 15) is 13.6 Å². The predicted octanol–water partition coefficient (Wildman–Crippen LogP) is 5.66. The zero-order valence-corrected chi connectivity index (χ0v) is 13.6. The molecule has 6 heteroatoms. The third-order valence-electron chi connectivity index (χ3n) is 3.35. The third kappa shape index (κ3) is 3.95. The summed E-state index contributed by atoms with van der Waals surface area (Å²) in [5.41, 5.74) is -0.475. The third-order valence-corrected chi connectivity index (χ3v) is 3.59. The lowest BCUT2D eigenvalue weighted by atomic mass is 10.1. The number of ether oxygens (including phenoxy) is 1. The molecule has 0 aliphatic rings. The van der Waals surface area contributed by atoms with E-state index in [4.69, 9.17) is 16.3 Å². The molecule has 0 radical (unpaired) electrons. The number of nitrogens with one attached hydrogen (secondary N) is 1. The Morgan fingerprint density at radius 3 is 2.28 bits per heavy atom. The molecule has 0 aromatic heterocycles.